The van der Waals surface area contributed by atoms with Crippen LogP contribution in [0.2, 0.25) is 0 Å². The molecule has 0 spiro atoms. The van der Waals surface area contributed by atoms with Gasteiger partial charge in [-0.3, -0.25) is 4.79 Å². The summed E-state index contributed by atoms with van der Waals surface area (Å²) >= 11 is 3.11. The number of hydrogen-bond acceptors (Lipinski definition) is 2. The molecule has 0 atom stereocenters. The molecular weight excluding hydrogens is 277 g/mol. The largest absolute Gasteiger partial charge is 0.481 e. The third-order valence-corrected chi connectivity index (χ3v) is 2.75. The molecule has 0 radical (unpaired) electrons. The van der Waals surface area contributed by atoms with Gasteiger partial charge in [0.15, 0.2) is 0 Å². The topological polar surface area (TPSA) is 40.5 Å². The first-order chi connectivity index (χ1) is 7.49. The van der Waals surface area contributed by atoms with Crippen molar-refractivity contribution in [3.8, 4) is 0 Å². The molecule has 3 nitrogen and oxygen atoms in total. The molecule has 0 fully saturated rings. The van der Waals surface area contributed by atoms with E-state index in [4.69, 9.17) is 5.11 Å². The van der Waals surface area contributed by atoms with E-state index < -0.39 is 5.97 Å². The molecule has 0 heterocycles. The van der Waals surface area contributed by atoms with Gasteiger partial charge in [0, 0.05) is 13.1 Å². The number of nitrogens with zero attached hydrogens (tertiary/aromatic N) is 1. The summed E-state index contributed by atoms with van der Waals surface area (Å²) in [4.78, 5) is 12.3. The van der Waals surface area contributed by atoms with Crippen molar-refractivity contribution in [1.82, 2.24) is 4.90 Å². The number of rotatable bonds is 5. The Morgan fingerprint density at radius 1 is 1.56 bits per heavy atom. The second-order valence-electron chi connectivity index (χ2n) is 3.63. The summed E-state index contributed by atoms with van der Waals surface area (Å²) < 4.78 is 13.4. The fourth-order valence-electron chi connectivity index (χ4n) is 1.32. The number of carbonyl (C=O) groups is 1. The molecule has 0 saturated carbocycles. The van der Waals surface area contributed by atoms with Crippen LogP contribution in [0.1, 0.15) is 12.0 Å². The summed E-state index contributed by atoms with van der Waals surface area (Å²) in [5.74, 6) is -1.11. The molecule has 0 bridgehead atoms. The standard InChI is InChI=1S/C11H13BrFNO2/c1-14(5-4-11(15)16)7-8-2-3-10(13)9(12)6-8/h2-3,6H,4-5,7H2,1H3,(H,15,16). The molecule has 1 aromatic rings. The molecule has 0 aromatic heterocycles. The Hall–Kier alpha value is -0.940. The third kappa shape index (κ3) is 4.28. The summed E-state index contributed by atoms with van der Waals surface area (Å²) in [5, 5.41) is 8.53. The molecule has 16 heavy (non-hydrogen) atoms. The molecule has 0 unspecified atom stereocenters. The molecule has 0 aliphatic heterocycles. The van der Waals surface area contributed by atoms with E-state index >= 15 is 0 Å². The maximum absolute atomic E-state index is 13.0. The highest BCUT2D eigenvalue weighted by Crippen LogP contribution is 2.17. The van der Waals surface area contributed by atoms with Gasteiger partial charge in [0.25, 0.3) is 0 Å². The van der Waals surface area contributed by atoms with Crippen LogP contribution in [0.25, 0.3) is 0 Å². The van der Waals surface area contributed by atoms with Gasteiger partial charge in [-0.2, -0.15) is 0 Å². The van der Waals surface area contributed by atoms with Crippen molar-refractivity contribution in [2.45, 2.75) is 13.0 Å². The predicted octanol–water partition coefficient (Wildman–Crippen LogP) is 2.49. The van der Waals surface area contributed by atoms with E-state index in [0.717, 1.165) is 5.56 Å². The molecule has 1 rings (SSSR count). The summed E-state index contributed by atoms with van der Waals surface area (Å²) in [5.41, 5.74) is 0.946. The zero-order chi connectivity index (χ0) is 12.1. The molecule has 0 saturated heterocycles. The van der Waals surface area contributed by atoms with Crippen LogP contribution in [0.5, 0.6) is 0 Å². The van der Waals surface area contributed by atoms with Crippen LogP contribution in [0.15, 0.2) is 22.7 Å². The summed E-state index contributed by atoms with van der Waals surface area (Å²) in [6.07, 6.45) is 0.110. The average Bonchev–Trinajstić information content (AvgIpc) is 2.21. The fourth-order valence-corrected chi connectivity index (χ4v) is 1.74. The summed E-state index contributed by atoms with van der Waals surface area (Å²) in [6, 6.07) is 4.79. The minimum Gasteiger partial charge on any atom is -0.481 e. The van der Waals surface area contributed by atoms with Gasteiger partial charge in [0.05, 0.1) is 10.9 Å². The quantitative estimate of drug-likeness (QED) is 0.905. The predicted molar refractivity (Wildman–Crippen MR) is 62.7 cm³/mol. The Bertz CT molecular complexity index is 384. The van der Waals surface area contributed by atoms with Gasteiger partial charge in [-0.25, -0.2) is 4.39 Å². The number of carboxylic acid groups (broad SMARTS) is 1. The van der Waals surface area contributed by atoms with Crippen molar-refractivity contribution >= 4 is 21.9 Å². The Labute approximate surface area is 102 Å². The lowest BCUT2D eigenvalue weighted by molar-refractivity contribution is -0.137. The van der Waals surface area contributed by atoms with Gasteiger partial charge in [-0.05, 0) is 40.7 Å². The van der Waals surface area contributed by atoms with Gasteiger partial charge in [-0.15, -0.1) is 0 Å². The van der Waals surface area contributed by atoms with E-state index in [0.29, 0.717) is 17.6 Å². The first-order valence-corrected chi connectivity index (χ1v) is 5.62. The second kappa shape index (κ2) is 5.96. The molecule has 1 aromatic carbocycles. The van der Waals surface area contributed by atoms with Crippen LogP contribution in [-0.4, -0.2) is 29.6 Å². The number of halogens is 2. The number of aliphatic carboxylic acids is 1. The summed E-state index contributed by atoms with van der Waals surface area (Å²) in [7, 11) is 1.83. The van der Waals surface area contributed by atoms with Crippen molar-refractivity contribution in [2.24, 2.45) is 0 Å². The van der Waals surface area contributed by atoms with Gasteiger partial charge in [-0.1, -0.05) is 6.07 Å². The highest BCUT2D eigenvalue weighted by Gasteiger charge is 2.05. The number of hydrogen-bond donors (Lipinski definition) is 1. The average molecular weight is 290 g/mol. The first kappa shape index (κ1) is 13.1. The van der Waals surface area contributed by atoms with Gasteiger partial charge in [0.2, 0.25) is 0 Å². The van der Waals surface area contributed by atoms with Crippen molar-refractivity contribution in [3.05, 3.63) is 34.1 Å². The van der Waals surface area contributed by atoms with Crippen molar-refractivity contribution in [3.63, 3.8) is 0 Å². The van der Waals surface area contributed by atoms with Crippen LogP contribution in [0.3, 0.4) is 0 Å². The Balaban J connectivity index is 2.52. The van der Waals surface area contributed by atoms with Gasteiger partial charge in [0.1, 0.15) is 5.82 Å². The number of benzene rings is 1. The molecule has 5 heteroatoms. The van der Waals surface area contributed by atoms with Crippen LogP contribution in [0, 0.1) is 5.82 Å². The third-order valence-electron chi connectivity index (χ3n) is 2.14. The van der Waals surface area contributed by atoms with E-state index in [1.54, 1.807) is 12.1 Å². The lowest BCUT2D eigenvalue weighted by atomic mass is 10.2. The molecule has 0 aliphatic rings. The van der Waals surface area contributed by atoms with E-state index in [-0.39, 0.29) is 12.2 Å². The van der Waals surface area contributed by atoms with Crippen LogP contribution in [0.4, 0.5) is 4.39 Å². The SMILES string of the molecule is CN(CCC(=O)O)Cc1ccc(F)c(Br)c1. The molecular formula is C11H13BrFNO2. The Morgan fingerprint density at radius 3 is 2.81 bits per heavy atom. The van der Waals surface area contributed by atoms with E-state index in [9.17, 15) is 9.18 Å². The van der Waals surface area contributed by atoms with Gasteiger partial charge < -0.3 is 10.0 Å². The highest BCUT2D eigenvalue weighted by molar-refractivity contribution is 9.10. The lowest BCUT2D eigenvalue weighted by Gasteiger charge is -2.15. The molecule has 0 amide bonds. The zero-order valence-electron chi connectivity index (χ0n) is 8.91. The van der Waals surface area contributed by atoms with E-state index in [1.165, 1.54) is 6.07 Å². The number of carboxylic acids is 1. The second-order valence-corrected chi connectivity index (χ2v) is 4.48. The molecule has 1 N–H and O–H groups in total. The van der Waals surface area contributed by atoms with E-state index in [1.807, 2.05) is 11.9 Å². The van der Waals surface area contributed by atoms with Crippen molar-refractivity contribution in [1.29, 1.82) is 0 Å². The Morgan fingerprint density at radius 2 is 2.25 bits per heavy atom. The minimum atomic E-state index is -0.813. The van der Waals surface area contributed by atoms with E-state index in [2.05, 4.69) is 15.9 Å². The van der Waals surface area contributed by atoms with Crippen LogP contribution in [-0.2, 0) is 11.3 Å². The minimum absolute atomic E-state index is 0.110. The molecule has 88 valence electrons. The van der Waals surface area contributed by atoms with Crippen LogP contribution >= 0.6 is 15.9 Å². The maximum atomic E-state index is 13.0. The van der Waals surface area contributed by atoms with Crippen molar-refractivity contribution < 1.29 is 14.3 Å². The fraction of sp³-hybridized carbons (Fsp3) is 0.364. The summed E-state index contributed by atoms with van der Waals surface area (Å²) in [6.45, 7) is 1.08. The maximum Gasteiger partial charge on any atom is 0.304 e. The molecule has 0 aliphatic carbocycles. The first-order valence-electron chi connectivity index (χ1n) is 4.83. The zero-order valence-corrected chi connectivity index (χ0v) is 10.5. The highest BCUT2D eigenvalue weighted by atomic mass is 79.9. The lowest BCUT2D eigenvalue weighted by Crippen LogP contribution is -2.21. The smallest absolute Gasteiger partial charge is 0.304 e. The Kier molecular flexibility index (Phi) is 4.89. The van der Waals surface area contributed by atoms with Gasteiger partial charge >= 0.3 is 5.97 Å². The van der Waals surface area contributed by atoms with Crippen LogP contribution < -0.4 is 0 Å². The monoisotopic (exact) mass is 289 g/mol. The van der Waals surface area contributed by atoms with Crippen molar-refractivity contribution in [2.75, 3.05) is 13.6 Å². The normalized spacial score (nSPS) is 10.8.